The van der Waals surface area contributed by atoms with Gasteiger partial charge in [-0.1, -0.05) is 72.8 Å². The normalized spacial score (nSPS) is 19.0. The van der Waals surface area contributed by atoms with Crippen molar-refractivity contribution < 1.29 is 27.5 Å². The summed E-state index contributed by atoms with van der Waals surface area (Å²) in [5, 5.41) is 2.07. The third kappa shape index (κ3) is 6.72. The molecule has 39 heavy (non-hydrogen) atoms. The standard InChI is InChI=1S/C31H35F3N2O3/c1-21(25-16-10-14-22-13-8-9-15-26(22)25)36(29(38)39-30(2,3)4)19-24-17-18-35(28(37)31(32,33)34)20-27(24)23-11-6-5-7-12-23/h5-16,21,24,27H,17-20H2,1-4H3/t21-,24?,27?/m1/s1. The molecule has 0 aliphatic carbocycles. The van der Waals surface area contributed by atoms with Gasteiger partial charge in [0.05, 0.1) is 6.04 Å². The Morgan fingerprint density at radius 3 is 2.28 bits per heavy atom. The Morgan fingerprint density at radius 1 is 0.974 bits per heavy atom. The van der Waals surface area contributed by atoms with Crippen LogP contribution in [0.25, 0.3) is 10.8 Å². The monoisotopic (exact) mass is 540 g/mol. The summed E-state index contributed by atoms with van der Waals surface area (Å²) in [6.07, 6.45) is -5.09. The zero-order valence-corrected chi connectivity index (χ0v) is 22.7. The highest BCUT2D eigenvalue weighted by atomic mass is 19.4. The smallest absolute Gasteiger partial charge is 0.444 e. The summed E-state index contributed by atoms with van der Waals surface area (Å²) in [5.41, 5.74) is 1.07. The lowest BCUT2D eigenvalue weighted by Crippen LogP contribution is -2.50. The highest BCUT2D eigenvalue weighted by molar-refractivity contribution is 5.86. The van der Waals surface area contributed by atoms with Crippen LogP contribution in [0.15, 0.2) is 72.8 Å². The molecule has 2 unspecified atom stereocenters. The molecule has 3 atom stereocenters. The largest absolute Gasteiger partial charge is 0.471 e. The van der Waals surface area contributed by atoms with Crippen LogP contribution in [0.1, 0.15) is 57.2 Å². The molecule has 208 valence electrons. The van der Waals surface area contributed by atoms with E-state index in [1.807, 2.05) is 79.7 Å². The van der Waals surface area contributed by atoms with Gasteiger partial charge in [-0.2, -0.15) is 13.2 Å². The third-order valence-electron chi connectivity index (χ3n) is 7.31. The van der Waals surface area contributed by atoms with Gasteiger partial charge in [0.1, 0.15) is 5.60 Å². The topological polar surface area (TPSA) is 49.9 Å². The van der Waals surface area contributed by atoms with E-state index < -0.39 is 23.8 Å². The van der Waals surface area contributed by atoms with E-state index in [1.165, 1.54) is 0 Å². The molecule has 2 amide bonds. The van der Waals surface area contributed by atoms with Crippen molar-refractivity contribution in [3.63, 3.8) is 0 Å². The third-order valence-corrected chi connectivity index (χ3v) is 7.31. The van der Waals surface area contributed by atoms with Crippen molar-refractivity contribution in [3.8, 4) is 0 Å². The number of carbonyl (C=O) groups is 2. The Morgan fingerprint density at radius 2 is 1.62 bits per heavy atom. The van der Waals surface area contributed by atoms with Gasteiger partial charge in [0.15, 0.2) is 0 Å². The molecule has 1 heterocycles. The molecule has 1 saturated heterocycles. The molecule has 1 fully saturated rings. The second-order valence-corrected chi connectivity index (χ2v) is 11.2. The van der Waals surface area contributed by atoms with E-state index in [4.69, 9.17) is 4.74 Å². The van der Waals surface area contributed by atoms with Crippen LogP contribution in [0, 0.1) is 5.92 Å². The molecule has 0 aromatic heterocycles. The number of carbonyl (C=O) groups excluding carboxylic acids is 2. The van der Waals surface area contributed by atoms with E-state index in [0.29, 0.717) is 6.42 Å². The minimum atomic E-state index is -4.93. The maximum absolute atomic E-state index is 13.6. The van der Waals surface area contributed by atoms with Crippen LogP contribution >= 0.6 is 0 Å². The summed E-state index contributed by atoms with van der Waals surface area (Å²) in [7, 11) is 0. The van der Waals surface area contributed by atoms with E-state index >= 15 is 0 Å². The quantitative estimate of drug-likeness (QED) is 0.340. The maximum atomic E-state index is 13.6. The number of ether oxygens (including phenoxy) is 1. The first-order valence-electron chi connectivity index (χ1n) is 13.2. The van der Waals surface area contributed by atoms with Gasteiger partial charge in [-0.15, -0.1) is 0 Å². The number of piperidine rings is 1. The van der Waals surface area contributed by atoms with Crippen molar-refractivity contribution in [2.45, 2.75) is 57.9 Å². The molecule has 8 heteroatoms. The van der Waals surface area contributed by atoms with Crippen LogP contribution in [0.4, 0.5) is 18.0 Å². The second kappa shape index (κ2) is 11.3. The Balaban J connectivity index is 1.69. The number of likely N-dealkylation sites (tertiary alicyclic amines) is 1. The molecule has 5 nitrogen and oxygen atoms in total. The average molecular weight is 541 g/mol. The van der Waals surface area contributed by atoms with E-state index in [2.05, 4.69) is 0 Å². The fourth-order valence-corrected chi connectivity index (χ4v) is 5.41. The Labute approximate surface area is 227 Å². The van der Waals surface area contributed by atoms with Gasteiger partial charge in [-0.05, 0) is 61.9 Å². The first kappa shape index (κ1) is 28.5. The van der Waals surface area contributed by atoms with Gasteiger partial charge in [0, 0.05) is 25.6 Å². The van der Waals surface area contributed by atoms with Crippen molar-refractivity contribution in [2.75, 3.05) is 19.6 Å². The summed E-state index contributed by atoms with van der Waals surface area (Å²) < 4.78 is 45.7. The van der Waals surface area contributed by atoms with Crippen LogP contribution < -0.4 is 0 Å². The number of nitrogens with zero attached hydrogens (tertiary/aromatic N) is 2. The highest BCUT2D eigenvalue weighted by Crippen LogP contribution is 2.37. The summed E-state index contributed by atoms with van der Waals surface area (Å²) in [6.45, 7) is 7.53. The molecular formula is C31H35F3N2O3. The predicted molar refractivity (Wildman–Crippen MR) is 145 cm³/mol. The lowest BCUT2D eigenvalue weighted by Gasteiger charge is -2.42. The van der Waals surface area contributed by atoms with Crippen LogP contribution in [0.2, 0.25) is 0 Å². The Bertz CT molecular complexity index is 1300. The molecule has 0 spiro atoms. The van der Waals surface area contributed by atoms with Crippen LogP contribution in [0.5, 0.6) is 0 Å². The van der Waals surface area contributed by atoms with Crippen molar-refractivity contribution >= 4 is 22.8 Å². The Kier molecular flexibility index (Phi) is 8.23. The molecule has 3 aromatic carbocycles. The van der Waals surface area contributed by atoms with E-state index in [9.17, 15) is 22.8 Å². The number of halogens is 3. The van der Waals surface area contributed by atoms with Crippen molar-refractivity contribution in [1.82, 2.24) is 9.80 Å². The van der Waals surface area contributed by atoms with Gasteiger partial charge in [0.2, 0.25) is 0 Å². The number of hydrogen-bond donors (Lipinski definition) is 0. The molecule has 3 aromatic rings. The maximum Gasteiger partial charge on any atom is 0.471 e. The number of amides is 2. The zero-order valence-electron chi connectivity index (χ0n) is 22.7. The Hall–Kier alpha value is -3.55. The molecule has 0 bridgehead atoms. The lowest BCUT2D eigenvalue weighted by atomic mass is 9.80. The number of fused-ring (bicyclic) bond motifs is 1. The number of rotatable bonds is 5. The minimum absolute atomic E-state index is 0.0306. The van der Waals surface area contributed by atoms with Gasteiger partial charge >= 0.3 is 18.2 Å². The fourth-order valence-electron chi connectivity index (χ4n) is 5.41. The van der Waals surface area contributed by atoms with Crippen molar-refractivity contribution in [2.24, 2.45) is 5.92 Å². The molecule has 0 saturated carbocycles. The first-order valence-corrected chi connectivity index (χ1v) is 13.2. The van der Waals surface area contributed by atoms with Crippen LogP contribution in [0.3, 0.4) is 0 Å². The lowest BCUT2D eigenvalue weighted by molar-refractivity contribution is -0.187. The van der Waals surface area contributed by atoms with Crippen molar-refractivity contribution in [3.05, 3.63) is 83.9 Å². The summed E-state index contributed by atoms with van der Waals surface area (Å²) in [6, 6.07) is 22.8. The zero-order chi connectivity index (χ0) is 28.4. The predicted octanol–water partition coefficient (Wildman–Crippen LogP) is 7.33. The molecule has 0 radical (unpaired) electrons. The highest BCUT2D eigenvalue weighted by Gasteiger charge is 2.46. The van der Waals surface area contributed by atoms with E-state index in [-0.39, 0.29) is 37.5 Å². The summed E-state index contributed by atoms with van der Waals surface area (Å²) >= 11 is 0. The van der Waals surface area contributed by atoms with Gasteiger partial charge in [-0.25, -0.2) is 4.79 Å². The molecular weight excluding hydrogens is 505 g/mol. The van der Waals surface area contributed by atoms with Gasteiger partial charge < -0.3 is 14.5 Å². The van der Waals surface area contributed by atoms with E-state index in [1.54, 1.807) is 25.7 Å². The summed E-state index contributed by atoms with van der Waals surface area (Å²) in [5.74, 6) is -2.39. The minimum Gasteiger partial charge on any atom is -0.444 e. The van der Waals surface area contributed by atoms with Crippen LogP contribution in [-0.2, 0) is 9.53 Å². The summed E-state index contributed by atoms with van der Waals surface area (Å²) in [4.78, 5) is 28.3. The van der Waals surface area contributed by atoms with Gasteiger partial charge in [0.25, 0.3) is 0 Å². The molecule has 0 N–H and O–H groups in total. The number of hydrogen-bond acceptors (Lipinski definition) is 3. The van der Waals surface area contributed by atoms with Crippen LogP contribution in [-0.4, -0.2) is 53.2 Å². The first-order chi connectivity index (χ1) is 18.3. The average Bonchev–Trinajstić information content (AvgIpc) is 2.89. The van der Waals surface area contributed by atoms with Gasteiger partial charge in [-0.3, -0.25) is 4.79 Å². The second-order valence-electron chi connectivity index (χ2n) is 11.2. The molecule has 1 aliphatic rings. The number of alkyl halides is 3. The number of benzene rings is 3. The van der Waals surface area contributed by atoms with Crippen molar-refractivity contribution in [1.29, 1.82) is 0 Å². The molecule has 1 aliphatic heterocycles. The fraction of sp³-hybridized carbons (Fsp3) is 0.419. The van der Waals surface area contributed by atoms with E-state index in [0.717, 1.165) is 26.8 Å². The molecule has 4 rings (SSSR count). The SMILES string of the molecule is C[C@H](c1cccc2ccccc12)N(CC1CCN(C(=O)C(F)(F)F)CC1c1ccccc1)C(=O)OC(C)(C)C.